The van der Waals surface area contributed by atoms with Gasteiger partial charge in [-0.05, 0) is 18.2 Å². The molecule has 3 nitrogen and oxygen atoms in total. The Morgan fingerprint density at radius 1 is 1.07 bits per heavy atom. The Balaban J connectivity index is 2.23. The fourth-order valence-corrected chi connectivity index (χ4v) is 1.37. The third-order valence-corrected chi connectivity index (χ3v) is 2.10. The molecule has 0 amide bonds. The lowest BCUT2D eigenvalue weighted by atomic mass is 10.3. The van der Waals surface area contributed by atoms with Crippen LogP contribution in [-0.4, -0.2) is 11.7 Å². The lowest BCUT2D eigenvalue weighted by molar-refractivity contribution is 0.379. The van der Waals surface area contributed by atoms with Crippen molar-refractivity contribution in [3.63, 3.8) is 0 Å². The molecule has 1 aromatic carbocycles. The number of aromatic nitrogens is 1. The monoisotopic (exact) mass is 203 g/mol. The van der Waals surface area contributed by atoms with E-state index in [1.165, 1.54) is 0 Å². The third kappa shape index (κ3) is 2.13. The van der Waals surface area contributed by atoms with Gasteiger partial charge in [-0.25, -0.2) is 0 Å². The average Bonchev–Trinajstić information content (AvgIpc) is 2.65. The van der Waals surface area contributed by atoms with Crippen LogP contribution in [0.4, 0.5) is 0 Å². The molecule has 0 fully saturated rings. The minimum atomic E-state index is 0.728. The highest BCUT2D eigenvalue weighted by atomic mass is 16.5. The first kappa shape index (κ1) is 9.65. The Morgan fingerprint density at radius 3 is 2.40 bits per heavy atom. The number of ether oxygens (including phenoxy) is 2. The summed E-state index contributed by atoms with van der Waals surface area (Å²) in [6.45, 7) is 0. The maximum Gasteiger partial charge on any atom is 0.169 e. The first-order valence-electron chi connectivity index (χ1n) is 4.72. The topological polar surface area (TPSA) is 23.4 Å². The maximum absolute atomic E-state index is 5.68. The van der Waals surface area contributed by atoms with Crippen molar-refractivity contribution in [2.75, 3.05) is 7.11 Å². The zero-order chi connectivity index (χ0) is 10.7. The number of hydrogen-bond donors (Lipinski definition) is 0. The summed E-state index contributed by atoms with van der Waals surface area (Å²) in [7, 11) is 3.59. The van der Waals surface area contributed by atoms with Crippen molar-refractivity contribution in [2.45, 2.75) is 0 Å². The van der Waals surface area contributed by atoms with E-state index in [9.17, 15) is 0 Å². The summed E-state index contributed by atoms with van der Waals surface area (Å²) in [6.07, 6.45) is 3.84. The van der Waals surface area contributed by atoms with Gasteiger partial charge in [0.2, 0.25) is 0 Å². The molecule has 0 aliphatic carbocycles. The van der Waals surface area contributed by atoms with E-state index in [0.717, 1.165) is 17.2 Å². The van der Waals surface area contributed by atoms with Crippen LogP contribution in [0.1, 0.15) is 0 Å². The van der Waals surface area contributed by atoms with Crippen LogP contribution >= 0.6 is 0 Å². The number of hydrogen-bond acceptors (Lipinski definition) is 2. The highest BCUT2D eigenvalue weighted by molar-refractivity contribution is 5.42. The van der Waals surface area contributed by atoms with Crippen molar-refractivity contribution >= 4 is 0 Å². The van der Waals surface area contributed by atoms with Crippen molar-refractivity contribution in [1.29, 1.82) is 0 Å². The summed E-state index contributed by atoms with van der Waals surface area (Å²) in [5.41, 5.74) is 0. The van der Waals surface area contributed by atoms with Crippen molar-refractivity contribution < 1.29 is 9.47 Å². The molecule has 2 aromatic rings. The molecule has 3 heteroatoms. The predicted octanol–water partition coefficient (Wildman–Crippen LogP) is 2.83. The average molecular weight is 203 g/mol. The summed E-state index contributed by atoms with van der Waals surface area (Å²) in [5, 5.41) is 0. The van der Waals surface area contributed by atoms with Crippen LogP contribution in [0.3, 0.4) is 0 Å². The predicted molar refractivity (Wildman–Crippen MR) is 58.5 cm³/mol. The molecule has 1 aromatic heterocycles. The van der Waals surface area contributed by atoms with Crippen molar-refractivity contribution in [3.05, 3.63) is 42.7 Å². The Hall–Kier alpha value is -1.90. The van der Waals surface area contributed by atoms with Crippen LogP contribution in [0.25, 0.3) is 0 Å². The molecule has 1 heterocycles. The van der Waals surface area contributed by atoms with Crippen LogP contribution < -0.4 is 9.47 Å². The van der Waals surface area contributed by atoms with Crippen LogP contribution in [-0.2, 0) is 7.05 Å². The van der Waals surface area contributed by atoms with Gasteiger partial charge in [-0.3, -0.25) is 0 Å². The van der Waals surface area contributed by atoms with E-state index in [-0.39, 0.29) is 0 Å². The molecular weight excluding hydrogens is 190 g/mol. The third-order valence-electron chi connectivity index (χ3n) is 2.10. The number of methoxy groups -OCH3 is 1. The minimum Gasteiger partial charge on any atom is -0.493 e. The van der Waals surface area contributed by atoms with Gasteiger partial charge in [-0.1, -0.05) is 12.1 Å². The van der Waals surface area contributed by atoms with Crippen molar-refractivity contribution in [1.82, 2.24) is 4.57 Å². The van der Waals surface area contributed by atoms with Gasteiger partial charge in [0.05, 0.1) is 7.11 Å². The van der Waals surface area contributed by atoms with Gasteiger partial charge in [-0.2, -0.15) is 0 Å². The minimum absolute atomic E-state index is 0.728. The fraction of sp³-hybridized carbons (Fsp3) is 0.167. The standard InChI is InChI=1S/C12H13NO2/c1-13-8-7-10(9-13)15-12-6-4-3-5-11(12)14-2/h3-9H,1-2H3. The molecule has 0 radical (unpaired) electrons. The van der Waals surface area contributed by atoms with Gasteiger partial charge in [0.25, 0.3) is 0 Å². The summed E-state index contributed by atoms with van der Waals surface area (Å²) in [4.78, 5) is 0. The lowest BCUT2D eigenvalue weighted by Gasteiger charge is -2.07. The fourth-order valence-electron chi connectivity index (χ4n) is 1.37. The number of rotatable bonds is 3. The van der Waals surface area contributed by atoms with Crippen LogP contribution in [0.5, 0.6) is 17.2 Å². The van der Waals surface area contributed by atoms with Gasteiger partial charge in [0.1, 0.15) is 5.75 Å². The zero-order valence-corrected chi connectivity index (χ0v) is 8.81. The van der Waals surface area contributed by atoms with E-state index in [1.807, 2.05) is 54.3 Å². The smallest absolute Gasteiger partial charge is 0.169 e. The van der Waals surface area contributed by atoms with E-state index in [4.69, 9.17) is 9.47 Å². The second-order valence-electron chi connectivity index (χ2n) is 3.27. The van der Waals surface area contributed by atoms with Crippen LogP contribution in [0, 0.1) is 0 Å². The van der Waals surface area contributed by atoms with E-state index >= 15 is 0 Å². The molecule has 0 unspecified atom stereocenters. The normalized spacial score (nSPS) is 10.0. The van der Waals surface area contributed by atoms with Gasteiger partial charge in [-0.15, -0.1) is 0 Å². The van der Waals surface area contributed by atoms with Crippen LogP contribution in [0.15, 0.2) is 42.7 Å². The molecule has 0 saturated carbocycles. The first-order valence-corrected chi connectivity index (χ1v) is 4.72. The SMILES string of the molecule is COc1ccccc1Oc1ccn(C)c1. The molecule has 0 aliphatic heterocycles. The van der Waals surface area contributed by atoms with E-state index in [0.29, 0.717) is 0 Å². The van der Waals surface area contributed by atoms with Gasteiger partial charge >= 0.3 is 0 Å². The Bertz CT molecular complexity index is 448. The second-order valence-corrected chi connectivity index (χ2v) is 3.27. The van der Waals surface area contributed by atoms with Crippen LogP contribution in [0.2, 0.25) is 0 Å². The molecule has 0 spiro atoms. The Labute approximate surface area is 88.9 Å². The summed E-state index contributed by atoms with van der Waals surface area (Å²) >= 11 is 0. The van der Waals surface area contributed by atoms with Gasteiger partial charge < -0.3 is 14.0 Å². The molecule has 0 atom stereocenters. The number of para-hydroxylation sites is 2. The van der Waals surface area contributed by atoms with E-state index in [1.54, 1.807) is 7.11 Å². The largest absolute Gasteiger partial charge is 0.493 e. The first-order chi connectivity index (χ1) is 7.29. The molecule has 0 bridgehead atoms. The summed E-state index contributed by atoms with van der Waals surface area (Å²) in [5.74, 6) is 2.27. The molecule has 78 valence electrons. The van der Waals surface area contributed by atoms with Crippen molar-refractivity contribution in [3.8, 4) is 17.2 Å². The Morgan fingerprint density at radius 2 is 1.80 bits per heavy atom. The van der Waals surface area contributed by atoms with Gasteiger partial charge in [0, 0.05) is 19.4 Å². The number of aryl methyl sites for hydroxylation is 1. The molecule has 2 rings (SSSR count). The highest BCUT2D eigenvalue weighted by Crippen LogP contribution is 2.30. The molecule has 15 heavy (non-hydrogen) atoms. The second kappa shape index (κ2) is 4.09. The summed E-state index contributed by atoms with van der Waals surface area (Å²) in [6, 6.07) is 9.49. The van der Waals surface area contributed by atoms with E-state index in [2.05, 4.69) is 0 Å². The zero-order valence-electron chi connectivity index (χ0n) is 8.81. The number of nitrogens with zero attached hydrogens (tertiary/aromatic N) is 1. The lowest BCUT2D eigenvalue weighted by Crippen LogP contribution is -1.88. The van der Waals surface area contributed by atoms with Crippen molar-refractivity contribution in [2.24, 2.45) is 7.05 Å². The molecule has 0 saturated heterocycles. The quantitative estimate of drug-likeness (QED) is 0.765. The molecule has 0 N–H and O–H groups in total. The summed E-state index contributed by atoms with van der Waals surface area (Å²) < 4.78 is 12.8. The van der Waals surface area contributed by atoms with E-state index < -0.39 is 0 Å². The van der Waals surface area contributed by atoms with Gasteiger partial charge in [0.15, 0.2) is 11.5 Å². The highest BCUT2D eigenvalue weighted by Gasteiger charge is 2.04. The Kier molecular flexibility index (Phi) is 2.63. The molecule has 0 aliphatic rings. The maximum atomic E-state index is 5.68. The molecular formula is C12H13NO2. The number of benzene rings is 1.